The Labute approximate surface area is 178 Å². The summed E-state index contributed by atoms with van der Waals surface area (Å²) in [4.78, 5) is 25.7. The second-order valence-electron chi connectivity index (χ2n) is 10.1. The number of thioether (sulfide) groups is 1. The van der Waals surface area contributed by atoms with E-state index in [0.29, 0.717) is 12.8 Å². The van der Waals surface area contributed by atoms with Crippen LogP contribution >= 0.6 is 11.8 Å². The molecule has 0 aliphatic heterocycles. The summed E-state index contributed by atoms with van der Waals surface area (Å²) in [5.74, 6) is -1.19. The first-order valence-corrected chi connectivity index (χ1v) is 12.0. The van der Waals surface area contributed by atoms with E-state index < -0.39 is 40.5 Å². The van der Waals surface area contributed by atoms with Crippen molar-refractivity contribution in [3.8, 4) is 0 Å². The SMILES string of the molecule is C=C[C@]1(C)C[C@@H](OC(=O)CSC)[C@]2(C)C(C)CCC3(CC(F)C(=O)C32)[C@@H](C)C1O. The third kappa shape index (κ3) is 3.20. The number of Topliss-reactive ketones (excluding diaryl/α,β-unsaturated/α-hetero) is 1. The van der Waals surface area contributed by atoms with Crippen molar-refractivity contribution in [1.29, 1.82) is 0 Å². The number of hydrogen-bond donors (Lipinski definition) is 1. The van der Waals surface area contributed by atoms with Crippen molar-refractivity contribution in [2.75, 3.05) is 12.0 Å². The van der Waals surface area contributed by atoms with E-state index in [1.807, 2.05) is 27.0 Å². The molecule has 0 amide bonds. The number of ether oxygens (including phenoxy) is 1. The number of aliphatic hydroxyl groups is 1. The lowest BCUT2D eigenvalue weighted by molar-refractivity contribution is -0.205. The molecule has 0 radical (unpaired) electrons. The lowest BCUT2D eigenvalue weighted by atomic mass is 9.44. The predicted molar refractivity (Wildman–Crippen MR) is 113 cm³/mol. The summed E-state index contributed by atoms with van der Waals surface area (Å²) < 4.78 is 20.9. The monoisotopic (exact) mass is 426 g/mol. The van der Waals surface area contributed by atoms with E-state index in [1.54, 1.807) is 6.08 Å². The minimum atomic E-state index is -1.52. The molecular formula is C23H35FO4S. The van der Waals surface area contributed by atoms with Gasteiger partial charge in [-0.3, -0.25) is 9.59 Å². The Hall–Kier alpha value is -0.880. The van der Waals surface area contributed by atoms with Gasteiger partial charge in [-0.15, -0.1) is 6.58 Å². The zero-order chi connectivity index (χ0) is 21.8. The van der Waals surface area contributed by atoms with E-state index in [9.17, 15) is 19.1 Å². The van der Waals surface area contributed by atoms with Crippen LogP contribution < -0.4 is 0 Å². The molecule has 29 heavy (non-hydrogen) atoms. The van der Waals surface area contributed by atoms with E-state index in [2.05, 4.69) is 13.5 Å². The van der Waals surface area contributed by atoms with Crippen molar-refractivity contribution in [2.24, 2.45) is 34.0 Å². The summed E-state index contributed by atoms with van der Waals surface area (Å²) in [5.41, 5.74) is -1.99. The molecule has 9 atom stereocenters. The Bertz CT molecular complexity index is 698. The van der Waals surface area contributed by atoms with Crippen LogP contribution in [0, 0.1) is 34.0 Å². The summed E-state index contributed by atoms with van der Waals surface area (Å²) >= 11 is 1.39. The molecule has 0 spiro atoms. The zero-order valence-corrected chi connectivity index (χ0v) is 19.1. The quantitative estimate of drug-likeness (QED) is 0.539. The first-order chi connectivity index (χ1) is 13.5. The van der Waals surface area contributed by atoms with Crippen LogP contribution in [0.5, 0.6) is 0 Å². The van der Waals surface area contributed by atoms with Crippen molar-refractivity contribution in [3.63, 3.8) is 0 Å². The molecule has 6 heteroatoms. The molecule has 3 aliphatic carbocycles. The van der Waals surface area contributed by atoms with Crippen molar-refractivity contribution < 1.29 is 23.8 Å². The summed E-state index contributed by atoms with van der Waals surface area (Å²) in [5, 5.41) is 11.4. The number of carbonyl (C=O) groups excluding carboxylic acids is 2. The van der Waals surface area contributed by atoms with Gasteiger partial charge in [0.25, 0.3) is 0 Å². The molecule has 0 heterocycles. The molecule has 3 fully saturated rings. The number of halogens is 1. The molecule has 5 unspecified atom stereocenters. The minimum Gasteiger partial charge on any atom is -0.461 e. The number of carbonyl (C=O) groups is 2. The molecule has 164 valence electrons. The van der Waals surface area contributed by atoms with Crippen LogP contribution in [0.4, 0.5) is 4.39 Å². The molecule has 2 bridgehead atoms. The van der Waals surface area contributed by atoms with Crippen LogP contribution in [0.3, 0.4) is 0 Å². The van der Waals surface area contributed by atoms with Gasteiger partial charge in [0, 0.05) is 16.7 Å². The maximum absolute atomic E-state index is 14.9. The Morgan fingerprint density at radius 1 is 1.38 bits per heavy atom. The van der Waals surface area contributed by atoms with Crippen LogP contribution in [0.2, 0.25) is 0 Å². The van der Waals surface area contributed by atoms with Gasteiger partial charge in [-0.1, -0.05) is 33.8 Å². The molecule has 0 aromatic carbocycles. The van der Waals surface area contributed by atoms with Gasteiger partial charge in [-0.05, 0) is 49.2 Å². The average Bonchev–Trinajstić information content (AvgIpc) is 2.94. The highest BCUT2D eigenvalue weighted by atomic mass is 32.2. The Morgan fingerprint density at radius 3 is 2.62 bits per heavy atom. The molecule has 0 aromatic heterocycles. The Balaban J connectivity index is 2.20. The fourth-order valence-electron chi connectivity index (χ4n) is 6.76. The maximum atomic E-state index is 14.9. The van der Waals surface area contributed by atoms with E-state index in [-0.39, 0.29) is 35.8 Å². The van der Waals surface area contributed by atoms with Crippen LogP contribution in [0.15, 0.2) is 12.7 Å². The predicted octanol–water partition coefficient (Wildman–Crippen LogP) is 4.20. The standard InChI is InChI=1S/C23H35FO4S/c1-7-21(4)11-16(28-17(25)12-29-6)22(5)13(2)8-9-23(14(3)20(21)27)10-15(24)18(26)19(22)23/h7,13-16,19-20,27H,1,8-12H2,2-6H3/t13?,14-,15?,16+,19?,20?,21+,22-,23?/m0/s1. The fourth-order valence-corrected chi connectivity index (χ4v) is 7.06. The number of ketones is 1. The number of esters is 1. The molecule has 3 rings (SSSR count). The van der Waals surface area contributed by atoms with E-state index in [0.717, 1.165) is 6.42 Å². The highest BCUT2D eigenvalue weighted by Crippen LogP contribution is 2.68. The number of hydrogen-bond acceptors (Lipinski definition) is 5. The third-order valence-corrected chi connectivity index (χ3v) is 9.36. The topological polar surface area (TPSA) is 63.6 Å². The van der Waals surface area contributed by atoms with Crippen LogP contribution in [0.1, 0.15) is 53.4 Å². The van der Waals surface area contributed by atoms with Gasteiger partial charge in [-0.25, -0.2) is 4.39 Å². The maximum Gasteiger partial charge on any atom is 0.316 e. The largest absolute Gasteiger partial charge is 0.461 e. The van der Waals surface area contributed by atoms with Crippen molar-refractivity contribution in [1.82, 2.24) is 0 Å². The zero-order valence-electron chi connectivity index (χ0n) is 18.2. The molecule has 0 aromatic rings. The normalized spacial score (nSPS) is 49.7. The highest BCUT2D eigenvalue weighted by molar-refractivity contribution is 7.99. The van der Waals surface area contributed by atoms with Crippen LogP contribution in [-0.2, 0) is 14.3 Å². The molecule has 4 nitrogen and oxygen atoms in total. The van der Waals surface area contributed by atoms with Gasteiger partial charge in [-0.2, -0.15) is 11.8 Å². The lowest BCUT2D eigenvalue weighted by Gasteiger charge is -2.61. The van der Waals surface area contributed by atoms with Gasteiger partial charge in [0.05, 0.1) is 11.9 Å². The average molecular weight is 427 g/mol. The Kier molecular flexibility index (Phi) is 6.03. The fraction of sp³-hybridized carbons (Fsp3) is 0.826. The lowest BCUT2D eigenvalue weighted by Crippen LogP contribution is -2.63. The number of aliphatic hydroxyl groups excluding tert-OH is 1. The smallest absolute Gasteiger partial charge is 0.316 e. The molecule has 1 N–H and O–H groups in total. The number of alkyl halides is 1. The van der Waals surface area contributed by atoms with E-state index >= 15 is 0 Å². The van der Waals surface area contributed by atoms with Gasteiger partial charge in [0.1, 0.15) is 6.10 Å². The third-order valence-electron chi connectivity index (χ3n) is 8.83. The summed E-state index contributed by atoms with van der Waals surface area (Å²) in [7, 11) is 0. The second-order valence-corrected chi connectivity index (χ2v) is 11.0. The first kappa shape index (κ1) is 22.8. The van der Waals surface area contributed by atoms with Crippen molar-refractivity contribution >= 4 is 23.5 Å². The minimum absolute atomic E-state index is 0.0958. The summed E-state index contributed by atoms with van der Waals surface area (Å²) in [6.45, 7) is 12.0. The highest BCUT2D eigenvalue weighted by Gasteiger charge is 2.70. The molecule has 0 saturated heterocycles. The summed E-state index contributed by atoms with van der Waals surface area (Å²) in [6, 6.07) is 0. The van der Waals surface area contributed by atoms with Gasteiger partial charge >= 0.3 is 5.97 Å². The summed E-state index contributed by atoms with van der Waals surface area (Å²) in [6.07, 6.45) is 2.74. The molecule has 3 saturated carbocycles. The van der Waals surface area contributed by atoms with Crippen molar-refractivity contribution in [2.45, 2.75) is 71.8 Å². The van der Waals surface area contributed by atoms with Crippen LogP contribution in [-0.4, -0.2) is 47.2 Å². The molecular weight excluding hydrogens is 391 g/mol. The Morgan fingerprint density at radius 2 is 2.03 bits per heavy atom. The first-order valence-electron chi connectivity index (χ1n) is 10.7. The number of rotatable bonds is 4. The second kappa shape index (κ2) is 7.67. The van der Waals surface area contributed by atoms with Crippen LogP contribution in [0.25, 0.3) is 0 Å². The van der Waals surface area contributed by atoms with Gasteiger partial charge in [0.2, 0.25) is 0 Å². The van der Waals surface area contributed by atoms with E-state index in [4.69, 9.17) is 4.74 Å². The van der Waals surface area contributed by atoms with E-state index in [1.165, 1.54) is 11.8 Å². The van der Waals surface area contributed by atoms with Crippen molar-refractivity contribution in [3.05, 3.63) is 12.7 Å². The van der Waals surface area contributed by atoms with Gasteiger partial charge in [0.15, 0.2) is 12.0 Å². The molecule has 3 aliphatic rings. The van der Waals surface area contributed by atoms with Gasteiger partial charge < -0.3 is 9.84 Å².